The Morgan fingerprint density at radius 1 is 1.57 bits per heavy atom. The largest absolute Gasteiger partial charge is 0.338 e. The van der Waals surface area contributed by atoms with Crippen molar-refractivity contribution < 1.29 is 0 Å². The maximum absolute atomic E-state index is 6.18. The van der Waals surface area contributed by atoms with E-state index in [1.54, 1.807) is 0 Å². The van der Waals surface area contributed by atoms with Gasteiger partial charge in [-0.25, -0.2) is 4.98 Å². The molecule has 0 aliphatic carbocycles. The van der Waals surface area contributed by atoms with Gasteiger partial charge in [-0.05, 0) is 6.42 Å². The van der Waals surface area contributed by atoms with E-state index in [-0.39, 0.29) is 5.54 Å². The maximum Gasteiger partial charge on any atom is 0.205 e. The minimum Gasteiger partial charge on any atom is -0.338 e. The van der Waals surface area contributed by atoms with E-state index < -0.39 is 0 Å². The summed E-state index contributed by atoms with van der Waals surface area (Å²) in [7, 11) is 2.01. The maximum atomic E-state index is 6.18. The number of hydrogen-bond donors (Lipinski definition) is 1. The van der Waals surface area contributed by atoms with Gasteiger partial charge in [0.1, 0.15) is 0 Å². The van der Waals surface area contributed by atoms with Crippen LogP contribution >= 0.6 is 0 Å². The monoisotopic (exact) mass is 194 g/mol. The van der Waals surface area contributed by atoms with Gasteiger partial charge in [0.15, 0.2) is 0 Å². The fourth-order valence-electron chi connectivity index (χ4n) is 2.17. The summed E-state index contributed by atoms with van der Waals surface area (Å²) in [6, 6.07) is 0. The third-order valence-electron chi connectivity index (χ3n) is 2.84. The number of nitrogens with two attached hydrogens (primary N) is 1. The second-order valence-corrected chi connectivity index (χ2v) is 4.31. The fourth-order valence-corrected chi connectivity index (χ4v) is 2.17. The van der Waals surface area contributed by atoms with Crippen molar-refractivity contribution in [3.05, 3.63) is 12.4 Å². The van der Waals surface area contributed by atoms with Gasteiger partial charge in [-0.15, -0.1) is 0 Å². The first kappa shape index (κ1) is 9.52. The number of anilines is 1. The van der Waals surface area contributed by atoms with Gasteiger partial charge < -0.3 is 15.2 Å². The highest BCUT2D eigenvalue weighted by Gasteiger charge is 2.39. The zero-order valence-corrected chi connectivity index (χ0v) is 8.90. The molecule has 0 saturated carbocycles. The van der Waals surface area contributed by atoms with Crippen molar-refractivity contribution >= 4 is 5.95 Å². The lowest BCUT2D eigenvalue weighted by atomic mass is 9.87. The summed E-state index contributed by atoms with van der Waals surface area (Å²) in [4.78, 5) is 6.53. The highest BCUT2D eigenvalue weighted by Crippen LogP contribution is 2.27. The molecule has 1 aromatic heterocycles. The van der Waals surface area contributed by atoms with Crippen LogP contribution in [-0.2, 0) is 7.05 Å². The molecule has 0 radical (unpaired) electrons. The third kappa shape index (κ3) is 1.50. The van der Waals surface area contributed by atoms with Crippen LogP contribution in [0.2, 0.25) is 0 Å². The van der Waals surface area contributed by atoms with E-state index >= 15 is 0 Å². The van der Waals surface area contributed by atoms with Crippen molar-refractivity contribution in [3.63, 3.8) is 0 Å². The Balaban J connectivity index is 1.98. The molecule has 14 heavy (non-hydrogen) atoms. The van der Waals surface area contributed by atoms with Crippen LogP contribution in [0, 0.1) is 0 Å². The van der Waals surface area contributed by atoms with Crippen LogP contribution in [0.15, 0.2) is 12.4 Å². The van der Waals surface area contributed by atoms with Gasteiger partial charge in [0.05, 0.1) is 5.54 Å². The Bertz CT molecular complexity index is 312. The van der Waals surface area contributed by atoms with Crippen LogP contribution < -0.4 is 10.6 Å². The Hall–Kier alpha value is -1.03. The lowest BCUT2D eigenvalue weighted by molar-refractivity contribution is 0.302. The molecule has 0 unspecified atom stereocenters. The van der Waals surface area contributed by atoms with Crippen LogP contribution in [0.4, 0.5) is 5.95 Å². The van der Waals surface area contributed by atoms with Crippen LogP contribution in [0.5, 0.6) is 0 Å². The third-order valence-corrected chi connectivity index (χ3v) is 2.84. The number of nitrogens with zero attached hydrogens (tertiary/aromatic N) is 3. The van der Waals surface area contributed by atoms with Crippen LogP contribution in [0.3, 0.4) is 0 Å². The number of hydrogen-bond acceptors (Lipinski definition) is 3. The number of aryl methyl sites for hydroxylation is 1. The highest BCUT2D eigenvalue weighted by atomic mass is 15.4. The minimum atomic E-state index is 0.0285. The molecule has 0 aromatic carbocycles. The van der Waals surface area contributed by atoms with Crippen molar-refractivity contribution in [2.24, 2.45) is 12.8 Å². The normalized spacial score (nSPS) is 19.5. The topological polar surface area (TPSA) is 47.1 Å². The van der Waals surface area contributed by atoms with Crippen molar-refractivity contribution in [1.29, 1.82) is 0 Å². The quantitative estimate of drug-likeness (QED) is 0.772. The molecule has 0 atom stereocenters. The Morgan fingerprint density at radius 2 is 2.29 bits per heavy atom. The van der Waals surface area contributed by atoms with Gasteiger partial charge in [-0.2, -0.15) is 0 Å². The fraction of sp³-hybridized carbons (Fsp3) is 0.700. The first-order valence-electron chi connectivity index (χ1n) is 5.16. The van der Waals surface area contributed by atoms with Gasteiger partial charge in [0.2, 0.25) is 5.95 Å². The molecule has 1 aliphatic heterocycles. The van der Waals surface area contributed by atoms with E-state index in [2.05, 4.69) is 16.8 Å². The summed E-state index contributed by atoms with van der Waals surface area (Å²) in [6.07, 6.45) is 6.05. The molecule has 1 saturated heterocycles. The van der Waals surface area contributed by atoms with E-state index in [4.69, 9.17) is 5.73 Å². The van der Waals surface area contributed by atoms with Crippen LogP contribution in [0.1, 0.15) is 19.8 Å². The molecule has 78 valence electrons. The lowest BCUT2D eigenvalue weighted by Gasteiger charge is -2.48. The van der Waals surface area contributed by atoms with E-state index in [1.165, 1.54) is 0 Å². The molecule has 1 aliphatic rings. The van der Waals surface area contributed by atoms with Crippen LogP contribution in [-0.4, -0.2) is 28.2 Å². The molecule has 2 rings (SSSR count). The van der Waals surface area contributed by atoms with Gasteiger partial charge in [-0.3, -0.25) is 0 Å². The molecule has 2 N–H and O–H groups in total. The summed E-state index contributed by atoms with van der Waals surface area (Å²) in [5, 5.41) is 0. The van der Waals surface area contributed by atoms with Crippen LogP contribution in [0.25, 0.3) is 0 Å². The first-order valence-corrected chi connectivity index (χ1v) is 5.16. The van der Waals surface area contributed by atoms with E-state index in [0.29, 0.717) is 0 Å². The molecule has 1 fully saturated rings. The Morgan fingerprint density at radius 3 is 2.79 bits per heavy atom. The van der Waals surface area contributed by atoms with Gasteiger partial charge in [0.25, 0.3) is 0 Å². The summed E-state index contributed by atoms with van der Waals surface area (Å²) in [5.41, 5.74) is 6.21. The smallest absolute Gasteiger partial charge is 0.205 e. The Kier molecular flexibility index (Phi) is 2.23. The first-order chi connectivity index (χ1) is 6.64. The molecular weight excluding hydrogens is 176 g/mol. The number of rotatable bonds is 3. The highest BCUT2D eigenvalue weighted by molar-refractivity contribution is 5.39. The molecule has 0 bridgehead atoms. The molecule has 0 spiro atoms. The van der Waals surface area contributed by atoms with E-state index in [1.807, 2.05) is 24.0 Å². The molecule has 4 heteroatoms. The second kappa shape index (κ2) is 3.28. The standard InChI is InChI=1S/C10H18N4/c1-3-4-10(11)7-14(8-10)9-12-5-6-13(9)2/h5-6H,3-4,7-8,11H2,1-2H3. The summed E-state index contributed by atoms with van der Waals surface area (Å²) in [6.45, 7) is 4.05. The molecule has 1 aromatic rings. The zero-order chi connectivity index (χ0) is 10.2. The van der Waals surface area contributed by atoms with Crippen molar-refractivity contribution in [2.75, 3.05) is 18.0 Å². The molecule has 2 heterocycles. The minimum absolute atomic E-state index is 0.0285. The molecule has 0 amide bonds. The lowest BCUT2D eigenvalue weighted by Crippen LogP contribution is -2.67. The van der Waals surface area contributed by atoms with Crippen molar-refractivity contribution in [2.45, 2.75) is 25.3 Å². The second-order valence-electron chi connectivity index (χ2n) is 4.31. The average Bonchev–Trinajstić information content (AvgIpc) is 2.47. The average molecular weight is 194 g/mol. The van der Waals surface area contributed by atoms with Crippen molar-refractivity contribution in [3.8, 4) is 0 Å². The summed E-state index contributed by atoms with van der Waals surface area (Å²) in [5.74, 6) is 1.03. The summed E-state index contributed by atoms with van der Waals surface area (Å²) < 4.78 is 2.03. The molecular formula is C10H18N4. The van der Waals surface area contributed by atoms with Gasteiger partial charge in [0, 0.05) is 32.5 Å². The summed E-state index contributed by atoms with van der Waals surface area (Å²) >= 11 is 0. The van der Waals surface area contributed by atoms with Gasteiger partial charge in [-0.1, -0.05) is 13.3 Å². The molecule has 4 nitrogen and oxygen atoms in total. The zero-order valence-electron chi connectivity index (χ0n) is 8.90. The van der Waals surface area contributed by atoms with E-state index in [9.17, 15) is 0 Å². The predicted octanol–water partition coefficient (Wildman–Crippen LogP) is 0.738. The van der Waals surface area contributed by atoms with E-state index in [0.717, 1.165) is 31.9 Å². The Labute approximate surface area is 84.7 Å². The number of aromatic nitrogens is 2. The SMILES string of the molecule is CCCC1(N)CN(c2nccn2C)C1. The number of imidazole rings is 1. The van der Waals surface area contributed by atoms with Gasteiger partial charge >= 0.3 is 0 Å². The predicted molar refractivity (Wildman–Crippen MR) is 57.2 cm³/mol. The van der Waals surface area contributed by atoms with Crippen molar-refractivity contribution in [1.82, 2.24) is 9.55 Å².